The molecule has 0 aromatic heterocycles. The van der Waals surface area contributed by atoms with Crippen LogP contribution in [0.2, 0.25) is 5.02 Å². The molecule has 0 radical (unpaired) electrons. The molecular weight excluding hydrogens is 340 g/mol. The van der Waals surface area contributed by atoms with Crippen molar-refractivity contribution < 1.29 is 14.3 Å². The summed E-state index contributed by atoms with van der Waals surface area (Å²) in [4.78, 5) is 26.0. The molecule has 1 saturated heterocycles. The highest BCUT2D eigenvalue weighted by Crippen LogP contribution is 2.27. The van der Waals surface area contributed by atoms with Crippen molar-refractivity contribution >= 4 is 34.8 Å². The van der Waals surface area contributed by atoms with E-state index in [-0.39, 0.29) is 11.8 Å². The van der Waals surface area contributed by atoms with Crippen molar-refractivity contribution in [1.29, 1.82) is 0 Å². The van der Waals surface area contributed by atoms with E-state index in [4.69, 9.17) is 16.3 Å². The number of nitrogens with zero attached hydrogens (tertiary/aromatic N) is 1. The Kier molecular flexibility index (Phi) is 5.24. The summed E-state index contributed by atoms with van der Waals surface area (Å²) in [6.45, 7) is 3.09. The highest BCUT2D eigenvalue weighted by molar-refractivity contribution is 6.32. The van der Waals surface area contributed by atoms with Gasteiger partial charge in [-0.1, -0.05) is 17.7 Å². The third-order valence-corrected chi connectivity index (χ3v) is 4.28. The second-order valence-electron chi connectivity index (χ2n) is 5.73. The van der Waals surface area contributed by atoms with Crippen LogP contribution in [0.3, 0.4) is 0 Å². The summed E-state index contributed by atoms with van der Waals surface area (Å²) >= 11 is 6.13. The number of rotatable bonds is 5. The first kappa shape index (κ1) is 17.3. The summed E-state index contributed by atoms with van der Waals surface area (Å²) in [7, 11) is 0. The zero-order valence-electron chi connectivity index (χ0n) is 13.9. The number of anilines is 2. The van der Waals surface area contributed by atoms with Crippen molar-refractivity contribution in [1.82, 2.24) is 0 Å². The van der Waals surface area contributed by atoms with Crippen LogP contribution in [0.25, 0.3) is 0 Å². The molecule has 130 valence electrons. The molecule has 1 N–H and O–H groups in total. The zero-order chi connectivity index (χ0) is 17.8. The van der Waals surface area contributed by atoms with Crippen LogP contribution in [0.4, 0.5) is 11.4 Å². The van der Waals surface area contributed by atoms with Gasteiger partial charge in [-0.3, -0.25) is 9.59 Å². The van der Waals surface area contributed by atoms with Gasteiger partial charge in [-0.15, -0.1) is 0 Å². The Balaban J connectivity index is 1.75. The summed E-state index contributed by atoms with van der Waals surface area (Å²) < 4.78 is 5.37. The third kappa shape index (κ3) is 3.94. The minimum absolute atomic E-state index is 0.113. The van der Waals surface area contributed by atoms with Gasteiger partial charge in [-0.05, 0) is 49.7 Å². The van der Waals surface area contributed by atoms with E-state index >= 15 is 0 Å². The Bertz CT molecular complexity index is 807. The van der Waals surface area contributed by atoms with Gasteiger partial charge in [0.2, 0.25) is 5.91 Å². The highest BCUT2D eigenvalue weighted by Gasteiger charge is 2.21. The van der Waals surface area contributed by atoms with Gasteiger partial charge in [-0.25, -0.2) is 0 Å². The minimum atomic E-state index is -0.269. The quantitative estimate of drug-likeness (QED) is 0.874. The molecular formula is C19H19ClN2O3. The number of carbonyl (C=O) groups is 2. The van der Waals surface area contributed by atoms with Gasteiger partial charge in [0, 0.05) is 29.9 Å². The number of nitrogens with one attached hydrogen (secondary N) is 1. The Labute approximate surface area is 151 Å². The monoisotopic (exact) mass is 358 g/mol. The number of hydrogen-bond donors (Lipinski definition) is 1. The number of benzene rings is 2. The standard InChI is InChI=1S/C19H19ClN2O3/c1-2-25-17-9-8-13(11-16(17)20)19(24)21-14-5-3-6-15(12-14)22-10-4-7-18(22)23/h3,5-6,8-9,11-12H,2,4,7,10H2,1H3,(H,21,24). The first-order valence-corrected chi connectivity index (χ1v) is 8.60. The van der Waals surface area contributed by atoms with Crippen LogP contribution in [0.5, 0.6) is 5.75 Å². The lowest BCUT2D eigenvalue weighted by Crippen LogP contribution is -2.23. The minimum Gasteiger partial charge on any atom is -0.492 e. The lowest BCUT2D eigenvalue weighted by atomic mass is 10.2. The molecule has 1 fully saturated rings. The Morgan fingerprint density at radius 2 is 2.12 bits per heavy atom. The van der Waals surface area contributed by atoms with Crippen LogP contribution >= 0.6 is 11.6 Å². The summed E-state index contributed by atoms with van der Waals surface area (Å²) in [6, 6.07) is 12.2. The maximum absolute atomic E-state index is 12.4. The van der Waals surface area contributed by atoms with E-state index in [0.29, 0.717) is 41.6 Å². The van der Waals surface area contributed by atoms with Crippen LogP contribution in [0.15, 0.2) is 42.5 Å². The fourth-order valence-corrected chi connectivity index (χ4v) is 3.03. The molecule has 6 heteroatoms. The van der Waals surface area contributed by atoms with Gasteiger partial charge in [0.05, 0.1) is 11.6 Å². The van der Waals surface area contributed by atoms with Crippen LogP contribution < -0.4 is 15.0 Å². The van der Waals surface area contributed by atoms with Crippen molar-refractivity contribution in [3.8, 4) is 5.75 Å². The summed E-state index contributed by atoms with van der Waals surface area (Å²) in [5.74, 6) is 0.395. The van der Waals surface area contributed by atoms with Gasteiger partial charge < -0.3 is 15.0 Å². The van der Waals surface area contributed by atoms with E-state index in [1.165, 1.54) is 0 Å². The molecule has 2 aromatic rings. The first-order chi connectivity index (χ1) is 12.1. The number of amides is 2. The molecule has 2 aromatic carbocycles. The zero-order valence-corrected chi connectivity index (χ0v) is 14.7. The van der Waals surface area contributed by atoms with Crippen LogP contribution in [-0.2, 0) is 4.79 Å². The maximum atomic E-state index is 12.4. The SMILES string of the molecule is CCOc1ccc(C(=O)Nc2cccc(N3CCCC3=O)c2)cc1Cl. The van der Waals surface area contributed by atoms with E-state index in [9.17, 15) is 9.59 Å². The molecule has 0 aliphatic carbocycles. The topological polar surface area (TPSA) is 58.6 Å². The summed E-state index contributed by atoms with van der Waals surface area (Å²) in [5, 5.41) is 3.23. The van der Waals surface area contributed by atoms with E-state index in [1.807, 2.05) is 19.1 Å². The van der Waals surface area contributed by atoms with Crippen LogP contribution in [0.1, 0.15) is 30.1 Å². The van der Waals surface area contributed by atoms with Crippen LogP contribution in [-0.4, -0.2) is 25.0 Å². The molecule has 0 saturated carbocycles. The number of carbonyl (C=O) groups excluding carboxylic acids is 2. The summed E-state index contributed by atoms with van der Waals surface area (Å²) in [5.41, 5.74) is 1.87. The van der Waals surface area contributed by atoms with Crippen molar-refractivity contribution in [3.63, 3.8) is 0 Å². The molecule has 1 aliphatic heterocycles. The van der Waals surface area contributed by atoms with Crippen molar-refractivity contribution in [2.24, 2.45) is 0 Å². The average molecular weight is 359 g/mol. The third-order valence-electron chi connectivity index (χ3n) is 3.98. The second kappa shape index (κ2) is 7.57. The predicted octanol–water partition coefficient (Wildman–Crippen LogP) is 4.12. The van der Waals surface area contributed by atoms with Crippen molar-refractivity contribution in [2.45, 2.75) is 19.8 Å². The van der Waals surface area contributed by atoms with Crippen LogP contribution in [0, 0.1) is 0 Å². The largest absolute Gasteiger partial charge is 0.492 e. The predicted molar refractivity (Wildman–Crippen MR) is 98.6 cm³/mol. The first-order valence-electron chi connectivity index (χ1n) is 8.22. The highest BCUT2D eigenvalue weighted by atomic mass is 35.5. The van der Waals surface area contributed by atoms with Gasteiger partial charge >= 0.3 is 0 Å². The molecule has 1 heterocycles. The molecule has 3 rings (SSSR count). The molecule has 5 nitrogen and oxygen atoms in total. The van der Waals surface area contributed by atoms with E-state index < -0.39 is 0 Å². The molecule has 0 spiro atoms. The number of ether oxygens (including phenoxy) is 1. The number of hydrogen-bond acceptors (Lipinski definition) is 3. The molecule has 25 heavy (non-hydrogen) atoms. The van der Waals surface area contributed by atoms with Gasteiger partial charge in [-0.2, -0.15) is 0 Å². The number of halogens is 1. The molecule has 0 unspecified atom stereocenters. The van der Waals surface area contributed by atoms with E-state index in [2.05, 4.69) is 5.32 Å². The lowest BCUT2D eigenvalue weighted by molar-refractivity contribution is -0.117. The van der Waals surface area contributed by atoms with Gasteiger partial charge in [0.1, 0.15) is 5.75 Å². The smallest absolute Gasteiger partial charge is 0.255 e. The Morgan fingerprint density at radius 3 is 2.80 bits per heavy atom. The lowest BCUT2D eigenvalue weighted by Gasteiger charge is -2.17. The Morgan fingerprint density at radius 1 is 1.28 bits per heavy atom. The normalized spacial score (nSPS) is 13.8. The second-order valence-corrected chi connectivity index (χ2v) is 6.14. The van der Waals surface area contributed by atoms with Gasteiger partial charge in [0.25, 0.3) is 5.91 Å². The fourth-order valence-electron chi connectivity index (χ4n) is 2.79. The van der Waals surface area contributed by atoms with Crippen molar-refractivity contribution in [3.05, 3.63) is 53.1 Å². The fraction of sp³-hybridized carbons (Fsp3) is 0.263. The molecule has 0 atom stereocenters. The molecule has 1 aliphatic rings. The van der Waals surface area contributed by atoms with E-state index in [1.54, 1.807) is 35.2 Å². The average Bonchev–Trinajstić information content (AvgIpc) is 3.03. The molecule has 2 amide bonds. The van der Waals surface area contributed by atoms with Gasteiger partial charge in [0.15, 0.2) is 0 Å². The molecule has 0 bridgehead atoms. The van der Waals surface area contributed by atoms with E-state index in [0.717, 1.165) is 12.1 Å². The Hall–Kier alpha value is -2.53. The maximum Gasteiger partial charge on any atom is 0.255 e. The summed E-state index contributed by atoms with van der Waals surface area (Å²) in [6.07, 6.45) is 1.43. The van der Waals surface area contributed by atoms with Crippen molar-refractivity contribution in [2.75, 3.05) is 23.4 Å².